The Labute approximate surface area is 107 Å². The van der Waals surface area contributed by atoms with Gasteiger partial charge in [-0.2, -0.15) is 0 Å². The van der Waals surface area contributed by atoms with Crippen LogP contribution in [0, 0.1) is 23.7 Å². The molecule has 0 spiro atoms. The third kappa shape index (κ3) is 3.27. The van der Waals surface area contributed by atoms with Crippen LogP contribution in [0.2, 0.25) is 0 Å². The Kier molecular flexibility index (Phi) is 3.88. The van der Waals surface area contributed by atoms with Gasteiger partial charge in [-0.15, -0.1) is 0 Å². The molecule has 0 heterocycles. The molecule has 0 unspecified atom stereocenters. The molecule has 0 bridgehead atoms. The smallest absolute Gasteiger partial charge is 0.310 e. The van der Waals surface area contributed by atoms with Crippen LogP contribution < -0.4 is 4.74 Å². The predicted molar refractivity (Wildman–Crippen MR) is 68.1 cm³/mol. The number of hydrogen-bond donors (Lipinski definition) is 0. The van der Waals surface area contributed by atoms with Crippen molar-refractivity contribution in [2.24, 2.45) is 11.8 Å². The largest absolute Gasteiger partial charge is 0.497 e. The molecule has 0 radical (unpaired) electrons. The minimum absolute atomic E-state index is 0.101. The summed E-state index contributed by atoms with van der Waals surface area (Å²) in [4.78, 5) is 11.4. The molecule has 3 nitrogen and oxygen atoms in total. The minimum Gasteiger partial charge on any atom is -0.497 e. The summed E-state index contributed by atoms with van der Waals surface area (Å²) in [6, 6.07) is 7.47. The van der Waals surface area contributed by atoms with Gasteiger partial charge in [-0.25, -0.2) is 0 Å². The number of carbonyl (C=O) groups excluding carboxylic acids is 1. The number of rotatable bonds is 3. The zero-order valence-corrected chi connectivity index (χ0v) is 10.6. The fourth-order valence-electron chi connectivity index (χ4n) is 1.70. The van der Waals surface area contributed by atoms with Gasteiger partial charge in [0.15, 0.2) is 6.61 Å². The van der Waals surface area contributed by atoms with Gasteiger partial charge >= 0.3 is 5.97 Å². The second-order valence-corrected chi connectivity index (χ2v) is 4.46. The van der Waals surface area contributed by atoms with Crippen LogP contribution in [-0.2, 0) is 9.53 Å². The molecule has 18 heavy (non-hydrogen) atoms. The van der Waals surface area contributed by atoms with Crippen molar-refractivity contribution >= 4 is 5.97 Å². The van der Waals surface area contributed by atoms with E-state index in [0.717, 1.165) is 17.7 Å². The van der Waals surface area contributed by atoms with Crippen LogP contribution in [0.25, 0.3) is 0 Å². The van der Waals surface area contributed by atoms with E-state index in [9.17, 15) is 4.79 Å². The fraction of sp³-hybridized carbons (Fsp3) is 0.400. The Bertz CT molecular complexity index is 496. The van der Waals surface area contributed by atoms with E-state index in [-0.39, 0.29) is 18.5 Å². The molecule has 1 saturated carbocycles. The van der Waals surface area contributed by atoms with Crippen LogP contribution in [0.1, 0.15) is 18.9 Å². The molecule has 1 aromatic rings. The summed E-state index contributed by atoms with van der Waals surface area (Å²) in [5.41, 5.74) is 0.852. The number of hydrogen-bond acceptors (Lipinski definition) is 3. The van der Waals surface area contributed by atoms with Gasteiger partial charge in [0.05, 0.1) is 13.0 Å². The first kappa shape index (κ1) is 12.5. The summed E-state index contributed by atoms with van der Waals surface area (Å²) >= 11 is 0. The van der Waals surface area contributed by atoms with Crippen LogP contribution in [0.5, 0.6) is 5.75 Å². The van der Waals surface area contributed by atoms with Gasteiger partial charge < -0.3 is 9.47 Å². The van der Waals surface area contributed by atoms with Crippen molar-refractivity contribution in [3.8, 4) is 17.6 Å². The predicted octanol–water partition coefficient (Wildman–Crippen LogP) is 2.25. The van der Waals surface area contributed by atoms with Crippen LogP contribution in [0.15, 0.2) is 24.3 Å². The normalized spacial score (nSPS) is 20.6. The van der Waals surface area contributed by atoms with E-state index in [0.29, 0.717) is 5.92 Å². The lowest BCUT2D eigenvalue weighted by Gasteiger charge is -1.99. The lowest BCUT2D eigenvalue weighted by molar-refractivity contribution is -0.144. The van der Waals surface area contributed by atoms with Crippen molar-refractivity contribution in [2.75, 3.05) is 13.7 Å². The maximum absolute atomic E-state index is 11.4. The van der Waals surface area contributed by atoms with Crippen molar-refractivity contribution in [2.45, 2.75) is 13.3 Å². The summed E-state index contributed by atoms with van der Waals surface area (Å²) < 4.78 is 10.2. The lowest BCUT2D eigenvalue weighted by atomic mass is 10.2. The van der Waals surface area contributed by atoms with E-state index in [1.165, 1.54) is 0 Å². The summed E-state index contributed by atoms with van der Waals surface area (Å²) in [5.74, 6) is 6.99. The fourth-order valence-corrected chi connectivity index (χ4v) is 1.70. The van der Waals surface area contributed by atoms with Gasteiger partial charge in [0, 0.05) is 5.56 Å². The van der Waals surface area contributed by atoms with Crippen LogP contribution in [0.4, 0.5) is 0 Å². The van der Waals surface area contributed by atoms with Gasteiger partial charge in [-0.1, -0.05) is 24.8 Å². The lowest BCUT2D eigenvalue weighted by Crippen LogP contribution is -2.07. The Morgan fingerprint density at radius 2 is 2.28 bits per heavy atom. The molecule has 0 saturated heterocycles. The molecular weight excluding hydrogens is 228 g/mol. The second kappa shape index (κ2) is 5.59. The molecule has 3 heteroatoms. The Morgan fingerprint density at radius 1 is 1.50 bits per heavy atom. The molecule has 1 aromatic carbocycles. The molecule has 1 fully saturated rings. The first-order valence-corrected chi connectivity index (χ1v) is 6.00. The van der Waals surface area contributed by atoms with Crippen molar-refractivity contribution in [1.29, 1.82) is 0 Å². The molecule has 1 aliphatic carbocycles. The number of benzene rings is 1. The molecule has 94 valence electrons. The highest BCUT2D eigenvalue weighted by Gasteiger charge is 2.40. The van der Waals surface area contributed by atoms with Gasteiger partial charge in [0.1, 0.15) is 5.75 Å². The third-order valence-electron chi connectivity index (χ3n) is 3.00. The number of ether oxygens (including phenoxy) is 2. The number of esters is 1. The Morgan fingerprint density at radius 3 is 2.94 bits per heavy atom. The van der Waals surface area contributed by atoms with Crippen molar-refractivity contribution in [1.82, 2.24) is 0 Å². The number of methoxy groups -OCH3 is 1. The molecule has 0 N–H and O–H groups in total. The maximum atomic E-state index is 11.4. The standard InChI is InChI=1S/C15H16O3/c1-11-9-14(11)15(16)18-8-4-6-12-5-3-7-13(10-12)17-2/h3,5,7,10-11,14H,8-9H2,1-2H3/t11-,14-/m0/s1. The monoisotopic (exact) mass is 244 g/mol. The molecule has 0 amide bonds. The average molecular weight is 244 g/mol. The summed E-state index contributed by atoms with van der Waals surface area (Å²) in [7, 11) is 1.62. The van der Waals surface area contributed by atoms with E-state index in [1.807, 2.05) is 31.2 Å². The third-order valence-corrected chi connectivity index (χ3v) is 3.00. The molecular formula is C15H16O3. The minimum atomic E-state index is -0.123. The van der Waals surface area contributed by atoms with Gasteiger partial charge in [0.25, 0.3) is 0 Å². The van der Waals surface area contributed by atoms with Crippen molar-refractivity contribution in [3.63, 3.8) is 0 Å². The quantitative estimate of drug-likeness (QED) is 0.604. The van der Waals surface area contributed by atoms with E-state index < -0.39 is 0 Å². The first-order valence-electron chi connectivity index (χ1n) is 6.00. The van der Waals surface area contributed by atoms with Crippen LogP contribution >= 0.6 is 0 Å². The van der Waals surface area contributed by atoms with E-state index in [1.54, 1.807) is 7.11 Å². The second-order valence-electron chi connectivity index (χ2n) is 4.46. The Balaban J connectivity index is 1.82. The zero-order chi connectivity index (χ0) is 13.0. The SMILES string of the molecule is COc1cccc(C#CCOC(=O)[C@H]2C[C@@H]2C)c1. The molecule has 2 atom stereocenters. The highest BCUT2D eigenvalue weighted by atomic mass is 16.5. The maximum Gasteiger partial charge on any atom is 0.310 e. The molecule has 2 rings (SSSR count). The average Bonchev–Trinajstić information content (AvgIpc) is 3.12. The topological polar surface area (TPSA) is 35.5 Å². The zero-order valence-electron chi connectivity index (χ0n) is 10.6. The summed E-state index contributed by atoms with van der Waals surface area (Å²) in [6.07, 6.45) is 0.947. The van der Waals surface area contributed by atoms with Crippen LogP contribution in [-0.4, -0.2) is 19.7 Å². The highest BCUT2D eigenvalue weighted by molar-refractivity contribution is 5.75. The Hall–Kier alpha value is -1.95. The molecule has 0 aromatic heterocycles. The molecule has 1 aliphatic rings. The van der Waals surface area contributed by atoms with Crippen molar-refractivity contribution in [3.05, 3.63) is 29.8 Å². The van der Waals surface area contributed by atoms with E-state index in [2.05, 4.69) is 11.8 Å². The highest BCUT2D eigenvalue weighted by Crippen LogP contribution is 2.38. The van der Waals surface area contributed by atoms with Crippen LogP contribution in [0.3, 0.4) is 0 Å². The molecule has 0 aliphatic heterocycles. The van der Waals surface area contributed by atoms with Gasteiger partial charge in [0.2, 0.25) is 0 Å². The van der Waals surface area contributed by atoms with Gasteiger partial charge in [-0.3, -0.25) is 4.79 Å². The summed E-state index contributed by atoms with van der Waals surface area (Å²) in [6.45, 7) is 2.20. The number of carbonyl (C=O) groups is 1. The van der Waals surface area contributed by atoms with E-state index in [4.69, 9.17) is 9.47 Å². The van der Waals surface area contributed by atoms with Gasteiger partial charge in [-0.05, 0) is 30.5 Å². The van der Waals surface area contributed by atoms with Crippen molar-refractivity contribution < 1.29 is 14.3 Å². The summed E-state index contributed by atoms with van der Waals surface area (Å²) in [5, 5.41) is 0. The van der Waals surface area contributed by atoms with E-state index >= 15 is 0 Å². The first-order chi connectivity index (χ1) is 8.70.